The van der Waals surface area contributed by atoms with Crippen LogP contribution in [0.1, 0.15) is 27.5 Å². The summed E-state index contributed by atoms with van der Waals surface area (Å²) in [7, 11) is 1.26. The van der Waals surface area contributed by atoms with Gasteiger partial charge in [-0.2, -0.15) is 0 Å². The van der Waals surface area contributed by atoms with E-state index < -0.39 is 24.6 Å². The van der Waals surface area contributed by atoms with E-state index in [9.17, 15) is 14.4 Å². The number of fused-ring (bicyclic) bond motifs is 3. The molecular weight excluding hydrogens is 426 g/mol. The predicted molar refractivity (Wildman–Crippen MR) is 119 cm³/mol. The van der Waals surface area contributed by atoms with Gasteiger partial charge in [0.1, 0.15) is 6.61 Å². The number of carbonyl (C=O) groups excluding carboxylic acids is 2. The number of hydrogen-bond donors (Lipinski definition) is 2. The summed E-state index contributed by atoms with van der Waals surface area (Å²) >= 11 is 0. The Kier molecular flexibility index (Phi) is 6.32. The lowest BCUT2D eigenvalue weighted by Crippen LogP contribution is -2.31. The number of ether oxygens (including phenoxy) is 1. The molecule has 0 bridgehead atoms. The lowest BCUT2D eigenvalue weighted by molar-refractivity contribution is -0.159. The van der Waals surface area contributed by atoms with Crippen molar-refractivity contribution in [3.8, 4) is 11.1 Å². The molecule has 1 aromatic heterocycles. The molecule has 0 radical (unpaired) electrons. The normalized spacial score (nSPS) is 11.9. The number of aliphatic carboxylic acids is 1. The number of hydrogen-bond acceptors (Lipinski definition) is 6. The van der Waals surface area contributed by atoms with Crippen LogP contribution in [0.3, 0.4) is 0 Å². The molecule has 9 nitrogen and oxygen atoms in total. The van der Waals surface area contributed by atoms with Crippen LogP contribution in [0.4, 0.5) is 10.5 Å². The van der Waals surface area contributed by atoms with Crippen molar-refractivity contribution in [3.63, 3.8) is 0 Å². The van der Waals surface area contributed by atoms with Crippen molar-refractivity contribution in [1.29, 1.82) is 0 Å². The monoisotopic (exact) mass is 447 g/mol. The van der Waals surface area contributed by atoms with Crippen LogP contribution in [0.2, 0.25) is 0 Å². The van der Waals surface area contributed by atoms with E-state index in [1.54, 1.807) is 6.07 Å². The Morgan fingerprint density at radius 2 is 1.64 bits per heavy atom. The van der Waals surface area contributed by atoms with E-state index in [1.165, 1.54) is 19.3 Å². The quantitative estimate of drug-likeness (QED) is 0.532. The van der Waals surface area contributed by atoms with Gasteiger partial charge in [-0.15, -0.1) is 0 Å². The maximum atomic E-state index is 12.6. The first-order valence-electron chi connectivity index (χ1n) is 10.2. The predicted octanol–water partition coefficient (Wildman–Crippen LogP) is 3.53. The molecule has 9 heteroatoms. The molecule has 2 N–H and O–H groups in total. The van der Waals surface area contributed by atoms with Crippen LogP contribution in [0.25, 0.3) is 11.1 Å². The SMILES string of the molecule is CN(OCC(=O)O)C(=O)c1ncccc1NC(=O)OCC1c2ccccc2-c2ccccc21. The molecule has 1 heterocycles. The van der Waals surface area contributed by atoms with E-state index in [4.69, 9.17) is 14.7 Å². The molecule has 168 valence electrons. The van der Waals surface area contributed by atoms with Crippen molar-refractivity contribution < 1.29 is 29.1 Å². The van der Waals surface area contributed by atoms with E-state index in [1.807, 2.05) is 48.5 Å². The van der Waals surface area contributed by atoms with Gasteiger partial charge in [0.15, 0.2) is 12.3 Å². The molecule has 0 fully saturated rings. The second-order valence-electron chi connectivity index (χ2n) is 7.32. The topological polar surface area (TPSA) is 118 Å². The van der Waals surface area contributed by atoms with Gasteiger partial charge in [0.2, 0.25) is 0 Å². The first kappa shape index (κ1) is 22.0. The Hall–Kier alpha value is -4.24. The highest BCUT2D eigenvalue weighted by Gasteiger charge is 2.29. The molecule has 1 aliphatic carbocycles. The Morgan fingerprint density at radius 3 is 2.27 bits per heavy atom. The third-order valence-corrected chi connectivity index (χ3v) is 5.26. The average Bonchev–Trinajstić information content (AvgIpc) is 3.15. The Bertz CT molecular complexity index is 1170. The van der Waals surface area contributed by atoms with Crippen molar-refractivity contribution in [2.75, 3.05) is 25.6 Å². The smallest absolute Gasteiger partial charge is 0.411 e. The Balaban J connectivity index is 1.44. The lowest BCUT2D eigenvalue weighted by Gasteiger charge is -2.17. The van der Waals surface area contributed by atoms with Crippen LogP contribution < -0.4 is 5.32 Å². The van der Waals surface area contributed by atoms with Crippen LogP contribution in [0.5, 0.6) is 0 Å². The number of amides is 2. The van der Waals surface area contributed by atoms with Crippen LogP contribution in [-0.2, 0) is 14.4 Å². The number of aromatic nitrogens is 1. The molecule has 1 aliphatic rings. The second kappa shape index (κ2) is 9.49. The van der Waals surface area contributed by atoms with Crippen molar-refractivity contribution in [1.82, 2.24) is 10.0 Å². The molecule has 33 heavy (non-hydrogen) atoms. The zero-order valence-electron chi connectivity index (χ0n) is 17.7. The van der Waals surface area contributed by atoms with Gasteiger partial charge in [-0.3, -0.25) is 14.9 Å². The number of carboxylic acid groups (broad SMARTS) is 1. The largest absolute Gasteiger partial charge is 0.479 e. The summed E-state index contributed by atoms with van der Waals surface area (Å²) in [5.74, 6) is -2.05. The molecule has 0 aliphatic heterocycles. The summed E-state index contributed by atoms with van der Waals surface area (Å²) < 4.78 is 5.51. The number of carbonyl (C=O) groups is 3. The number of benzene rings is 2. The Labute approximate surface area is 189 Å². The molecule has 0 saturated carbocycles. The number of nitrogens with zero attached hydrogens (tertiary/aromatic N) is 2. The molecule has 4 rings (SSSR count). The van der Waals surface area contributed by atoms with Gasteiger partial charge in [-0.05, 0) is 34.4 Å². The van der Waals surface area contributed by atoms with Crippen LogP contribution in [-0.4, -0.2) is 53.4 Å². The van der Waals surface area contributed by atoms with Gasteiger partial charge in [0, 0.05) is 19.2 Å². The van der Waals surface area contributed by atoms with Crippen molar-refractivity contribution in [3.05, 3.63) is 83.7 Å². The molecule has 3 aromatic rings. The third kappa shape index (κ3) is 4.68. The lowest BCUT2D eigenvalue weighted by atomic mass is 9.98. The summed E-state index contributed by atoms with van der Waals surface area (Å²) in [6.45, 7) is -0.574. The minimum absolute atomic E-state index is 0.103. The maximum Gasteiger partial charge on any atom is 0.411 e. The van der Waals surface area contributed by atoms with Crippen molar-refractivity contribution in [2.24, 2.45) is 0 Å². The zero-order valence-corrected chi connectivity index (χ0v) is 17.7. The number of carboxylic acids is 1. The average molecular weight is 447 g/mol. The van der Waals surface area contributed by atoms with Crippen molar-refractivity contribution in [2.45, 2.75) is 5.92 Å². The molecular formula is C24H21N3O6. The number of anilines is 1. The standard InChI is InChI=1S/C24H21N3O6/c1-27(33-14-21(28)29)23(30)22-20(11-6-12-25-22)26-24(31)32-13-19-17-9-4-2-7-15(17)16-8-3-5-10-18(16)19/h2-12,19H,13-14H2,1H3,(H,26,31)(H,28,29). The van der Waals surface area contributed by atoms with Gasteiger partial charge >= 0.3 is 12.1 Å². The number of hydroxylamine groups is 2. The van der Waals surface area contributed by atoms with Crippen LogP contribution in [0, 0.1) is 0 Å². The van der Waals surface area contributed by atoms with Gasteiger partial charge in [0.25, 0.3) is 5.91 Å². The molecule has 0 spiro atoms. The molecule has 0 unspecified atom stereocenters. The number of nitrogens with one attached hydrogen (secondary N) is 1. The van der Waals surface area contributed by atoms with Crippen molar-refractivity contribution >= 4 is 23.7 Å². The fourth-order valence-corrected chi connectivity index (χ4v) is 3.78. The van der Waals surface area contributed by atoms with Gasteiger partial charge < -0.3 is 9.84 Å². The second-order valence-corrected chi connectivity index (χ2v) is 7.32. The summed E-state index contributed by atoms with van der Waals surface area (Å²) in [6.07, 6.45) is 0.634. The minimum atomic E-state index is -1.23. The number of rotatable bonds is 7. The molecule has 0 saturated heterocycles. The summed E-state index contributed by atoms with van der Waals surface area (Å²) in [4.78, 5) is 44.6. The molecule has 2 amide bonds. The van der Waals surface area contributed by atoms with Crippen LogP contribution >= 0.6 is 0 Å². The third-order valence-electron chi connectivity index (χ3n) is 5.26. The first-order chi connectivity index (χ1) is 16.0. The van der Waals surface area contributed by atoms with E-state index in [-0.39, 0.29) is 23.9 Å². The Morgan fingerprint density at radius 1 is 1.00 bits per heavy atom. The van der Waals surface area contributed by atoms with Gasteiger partial charge in [-0.1, -0.05) is 48.5 Å². The minimum Gasteiger partial charge on any atom is -0.479 e. The molecule has 0 atom stereocenters. The summed E-state index contributed by atoms with van der Waals surface area (Å²) in [6, 6.07) is 19.0. The first-order valence-corrected chi connectivity index (χ1v) is 10.2. The number of pyridine rings is 1. The molecule has 2 aromatic carbocycles. The van der Waals surface area contributed by atoms with Gasteiger partial charge in [-0.25, -0.2) is 19.6 Å². The summed E-state index contributed by atoms with van der Waals surface area (Å²) in [5, 5.41) is 12.0. The zero-order chi connectivity index (χ0) is 23.4. The fraction of sp³-hybridized carbons (Fsp3) is 0.167. The van der Waals surface area contributed by atoms with E-state index >= 15 is 0 Å². The van der Waals surface area contributed by atoms with Gasteiger partial charge in [0.05, 0.1) is 5.69 Å². The van der Waals surface area contributed by atoms with E-state index in [0.717, 1.165) is 27.3 Å². The summed E-state index contributed by atoms with van der Waals surface area (Å²) in [5.41, 5.74) is 4.41. The fourth-order valence-electron chi connectivity index (χ4n) is 3.78. The van der Waals surface area contributed by atoms with E-state index in [2.05, 4.69) is 10.3 Å². The maximum absolute atomic E-state index is 12.6. The highest BCUT2D eigenvalue weighted by Crippen LogP contribution is 2.44. The highest BCUT2D eigenvalue weighted by atomic mass is 16.7. The van der Waals surface area contributed by atoms with Crippen LogP contribution in [0.15, 0.2) is 66.9 Å². The highest BCUT2D eigenvalue weighted by molar-refractivity contribution is 6.00. The van der Waals surface area contributed by atoms with E-state index in [0.29, 0.717) is 0 Å².